The maximum absolute atomic E-state index is 3.47. The zero-order valence-electron chi connectivity index (χ0n) is 7.53. The summed E-state index contributed by atoms with van der Waals surface area (Å²) in [7, 11) is 0. The fourth-order valence-electron chi connectivity index (χ4n) is 1.46. The van der Waals surface area contributed by atoms with E-state index in [9.17, 15) is 0 Å². The molecule has 0 amide bonds. The molecule has 0 saturated heterocycles. The predicted octanol–water partition coefficient (Wildman–Crippen LogP) is 2.83. The van der Waals surface area contributed by atoms with Crippen LogP contribution in [0.15, 0.2) is 11.8 Å². The lowest BCUT2D eigenvalue weighted by Crippen LogP contribution is -2.13. The average molecular weight is 153 g/mol. The van der Waals surface area contributed by atoms with Gasteiger partial charge < -0.3 is 5.32 Å². The van der Waals surface area contributed by atoms with Gasteiger partial charge in [-0.1, -0.05) is 19.4 Å². The van der Waals surface area contributed by atoms with Gasteiger partial charge in [-0.15, -0.1) is 0 Å². The van der Waals surface area contributed by atoms with Gasteiger partial charge in [-0.3, -0.25) is 0 Å². The fraction of sp³-hybridized carbons (Fsp3) is 0.800. The van der Waals surface area contributed by atoms with Gasteiger partial charge in [-0.25, -0.2) is 0 Å². The van der Waals surface area contributed by atoms with Gasteiger partial charge in [0.15, 0.2) is 0 Å². The van der Waals surface area contributed by atoms with Crippen LogP contribution in [0.3, 0.4) is 0 Å². The highest BCUT2D eigenvalue weighted by molar-refractivity contribution is 5.00. The molecule has 0 aliphatic heterocycles. The second kappa shape index (κ2) is 5.22. The molecule has 1 heteroatoms. The molecule has 0 spiro atoms. The van der Waals surface area contributed by atoms with E-state index in [2.05, 4.69) is 18.3 Å². The third-order valence-electron chi connectivity index (χ3n) is 2.14. The molecule has 0 heterocycles. The van der Waals surface area contributed by atoms with Gasteiger partial charge in [0.05, 0.1) is 0 Å². The van der Waals surface area contributed by atoms with Crippen molar-refractivity contribution in [2.45, 2.75) is 45.4 Å². The molecule has 11 heavy (non-hydrogen) atoms. The van der Waals surface area contributed by atoms with Crippen molar-refractivity contribution in [2.75, 3.05) is 6.54 Å². The molecule has 1 aliphatic carbocycles. The lowest BCUT2D eigenvalue weighted by Gasteiger charge is -2.06. The van der Waals surface area contributed by atoms with Crippen LogP contribution in [0.2, 0.25) is 0 Å². The maximum atomic E-state index is 3.47. The first-order valence-electron chi connectivity index (χ1n) is 4.86. The third-order valence-corrected chi connectivity index (χ3v) is 2.14. The summed E-state index contributed by atoms with van der Waals surface area (Å²) in [4.78, 5) is 0. The van der Waals surface area contributed by atoms with Crippen molar-refractivity contribution in [2.24, 2.45) is 0 Å². The number of nitrogens with one attached hydrogen (secondary N) is 1. The van der Waals surface area contributed by atoms with Crippen molar-refractivity contribution in [3.8, 4) is 0 Å². The minimum Gasteiger partial charge on any atom is -0.389 e. The van der Waals surface area contributed by atoms with Gasteiger partial charge >= 0.3 is 0 Å². The van der Waals surface area contributed by atoms with E-state index in [1.54, 1.807) is 0 Å². The SMILES string of the molecule is CCCNC1=CCCCCC1. The molecule has 1 rings (SSSR count). The zero-order chi connectivity index (χ0) is 7.94. The Morgan fingerprint density at radius 2 is 2.27 bits per heavy atom. The van der Waals surface area contributed by atoms with E-state index >= 15 is 0 Å². The van der Waals surface area contributed by atoms with Crippen LogP contribution in [-0.2, 0) is 0 Å². The molecule has 0 atom stereocenters. The third kappa shape index (κ3) is 3.45. The molecule has 1 aliphatic rings. The maximum Gasteiger partial charge on any atom is 0.0141 e. The second-order valence-electron chi connectivity index (χ2n) is 3.26. The summed E-state index contributed by atoms with van der Waals surface area (Å²) in [6, 6.07) is 0. The topological polar surface area (TPSA) is 12.0 Å². The first-order chi connectivity index (χ1) is 5.43. The molecule has 0 radical (unpaired) electrons. The first kappa shape index (κ1) is 8.63. The molecule has 0 aromatic rings. The molecule has 0 fully saturated rings. The van der Waals surface area contributed by atoms with Crippen LogP contribution in [0.1, 0.15) is 45.4 Å². The fourth-order valence-corrected chi connectivity index (χ4v) is 1.46. The Morgan fingerprint density at radius 3 is 3.09 bits per heavy atom. The highest BCUT2D eigenvalue weighted by atomic mass is 14.9. The van der Waals surface area contributed by atoms with Crippen LogP contribution in [0.5, 0.6) is 0 Å². The lowest BCUT2D eigenvalue weighted by molar-refractivity contribution is 0.676. The molecule has 0 aromatic carbocycles. The summed E-state index contributed by atoms with van der Waals surface area (Å²) in [6.07, 6.45) is 10.3. The lowest BCUT2D eigenvalue weighted by atomic mass is 10.2. The molecule has 1 N–H and O–H groups in total. The molecule has 0 bridgehead atoms. The molecule has 1 nitrogen and oxygen atoms in total. The quantitative estimate of drug-likeness (QED) is 0.657. The Bertz CT molecular complexity index is 127. The first-order valence-corrected chi connectivity index (χ1v) is 4.86. The molecule has 0 aromatic heterocycles. The Hall–Kier alpha value is -0.460. The minimum atomic E-state index is 1.14. The number of hydrogen-bond donors (Lipinski definition) is 1. The van der Waals surface area contributed by atoms with Crippen LogP contribution in [0.25, 0.3) is 0 Å². The monoisotopic (exact) mass is 153 g/mol. The average Bonchev–Trinajstić information content (AvgIpc) is 2.28. The summed E-state index contributed by atoms with van der Waals surface area (Å²) < 4.78 is 0. The van der Waals surface area contributed by atoms with Crippen molar-refractivity contribution in [1.29, 1.82) is 0 Å². The van der Waals surface area contributed by atoms with Gasteiger partial charge in [-0.05, 0) is 32.1 Å². The Kier molecular flexibility index (Phi) is 4.10. The van der Waals surface area contributed by atoms with E-state index in [1.807, 2.05) is 0 Å². The number of allylic oxidation sites excluding steroid dienone is 2. The van der Waals surface area contributed by atoms with Gasteiger partial charge in [0, 0.05) is 12.2 Å². The van der Waals surface area contributed by atoms with Crippen molar-refractivity contribution >= 4 is 0 Å². The van der Waals surface area contributed by atoms with E-state index in [4.69, 9.17) is 0 Å². The van der Waals surface area contributed by atoms with Crippen LogP contribution >= 0.6 is 0 Å². The highest BCUT2D eigenvalue weighted by Crippen LogP contribution is 2.14. The van der Waals surface area contributed by atoms with E-state index in [0.29, 0.717) is 0 Å². The molecule has 0 saturated carbocycles. The van der Waals surface area contributed by atoms with E-state index in [-0.39, 0.29) is 0 Å². The predicted molar refractivity (Wildman–Crippen MR) is 49.5 cm³/mol. The van der Waals surface area contributed by atoms with E-state index < -0.39 is 0 Å². The summed E-state index contributed by atoms with van der Waals surface area (Å²) in [5.74, 6) is 0. The molecule has 64 valence electrons. The number of rotatable bonds is 3. The summed E-state index contributed by atoms with van der Waals surface area (Å²) in [5, 5.41) is 3.47. The number of hydrogen-bond acceptors (Lipinski definition) is 1. The van der Waals surface area contributed by atoms with E-state index in [0.717, 1.165) is 6.54 Å². The summed E-state index contributed by atoms with van der Waals surface area (Å²) in [5.41, 5.74) is 1.49. The van der Waals surface area contributed by atoms with Crippen molar-refractivity contribution < 1.29 is 0 Å². The van der Waals surface area contributed by atoms with Crippen LogP contribution < -0.4 is 5.32 Å². The Balaban J connectivity index is 2.23. The molecular formula is C10H19N. The van der Waals surface area contributed by atoms with Gasteiger partial charge in [0.1, 0.15) is 0 Å². The second-order valence-corrected chi connectivity index (χ2v) is 3.26. The van der Waals surface area contributed by atoms with Crippen molar-refractivity contribution in [1.82, 2.24) is 5.32 Å². The summed E-state index contributed by atoms with van der Waals surface area (Å²) >= 11 is 0. The Labute approximate surface area is 69.9 Å². The zero-order valence-corrected chi connectivity index (χ0v) is 7.53. The van der Waals surface area contributed by atoms with Gasteiger partial charge in [0.25, 0.3) is 0 Å². The van der Waals surface area contributed by atoms with Crippen LogP contribution in [0, 0.1) is 0 Å². The smallest absolute Gasteiger partial charge is 0.0141 e. The Morgan fingerprint density at radius 1 is 1.36 bits per heavy atom. The van der Waals surface area contributed by atoms with Crippen molar-refractivity contribution in [3.63, 3.8) is 0 Å². The minimum absolute atomic E-state index is 1.14. The van der Waals surface area contributed by atoms with Crippen LogP contribution in [-0.4, -0.2) is 6.54 Å². The molecular weight excluding hydrogens is 134 g/mol. The normalized spacial score (nSPS) is 18.8. The largest absolute Gasteiger partial charge is 0.389 e. The van der Waals surface area contributed by atoms with Gasteiger partial charge in [-0.2, -0.15) is 0 Å². The van der Waals surface area contributed by atoms with Gasteiger partial charge in [0.2, 0.25) is 0 Å². The highest BCUT2D eigenvalue weighted by Gasteiger charge is 2.00. The summed E-state index contributed by atoms with van der Waals surface area (Å²) in [6.45, 7) is 3.36. The van der Waals surface area contributed by atoms with Crippen LogP contribution in [0.4, 0.5) is 0 Å². The molecule has 0 unspecified atom stereocenters. The van der Waals surface area contributed by atoms with Crippen molar-refractivity contribution in [3.05, 3.63) is 11.8 Å². The standard InChI is InChI=1S/C10H19N/c1-2-9-11-10-7-5-3-4-6-8-10/h7,11H,2-6,8-9H2,1H3. The van der Waals surface area contributed by atoms with E-state index in [1.165, 1.54) is 44.2 Å².